The molecule has 4 aliphatic rings. The monoisotopic (exact) mass is 473 g/mol. The number of fused-ring (bicyclic) bond motifs is 2. The Hall–Kier alpha value is -2.19. The van der Waals surface area contributed by atoms with E-state index in [1.54, 1.807) is 14.7 Å². The summed E-state index contributed by atoms with van der Waals surface area (Å²) in [6, 6.07) is -1.49. The number of amides is 3. The highest BCUT2D eigenvalue weighted by atomic mass is 16.5. The molecule has 0 aromatic heterocycles. The Morgan fingerprint density at radius 3 is 2.41 bits per heavy atom. The molecule has 8 heteroatoms. The molecule has 1 unspecified atom stereocenters. The molecule has 34 heavy (non-hydrogen) atoms. The van der Waals surface area contributed by atoms with Crippen LogP contribution in [0.5, 0.6) is 0 Å². The van der Waals surface area contributed by atoms with Crippen molar-refractivity contribution in [1.29, 1.82) is 0 Å². The van der Waals surface area contributed by atoms with Crippen molar-refractivity contribution in [1.82, 2.24) is 14.7 Å². The van der Waals surface area contributed by atoms with Gasteiger partial charge in [-0.2, -0.15) is 0 Å². The summed E-state index contributed by atoms with van der Waals surface area (Å²) in [4.78, 5) is 47.1. The van der Waals surface area contributed by atoms with Crippen molar-refractivity contribution >= 4 is 17.7 Å². The van der Waals surface area contributed by atoms with Crippen LogP contribution in [0.1, 0.15) is 48.0 Å². The molecule has 4 rings (SSSR count). The quantitative estimate of drug-likeness (QED) is 0.613. The molecule has 2 saturated heterocycles. The van der Waals surface area contributed by atoms with Gasteiger partial charge in [0.1, 0.15) is 11.6 Å². The highest BCUT2D eigenvalue weighted by Gasteiger charge is 2.72. The fourth-order valence-electron chi connectivity index (χ4n) is 6.18. The number of nitrogens with zero attached hydrogens (tertiary/aromatic N) is 3. The molecule has 0 bridgehead atoms. The molecule has 0 aromatic carbocycles. The summed E-state index contributed by atoms with van der Waals surface area (Å²) in [6.07, 6.45) is 7.82. The SMILES string of the molecule is CCCN1CC=C[C@H]2O[C@]34C=CCN(C(C)(C)C)C(=O)C3N([C@@H](CO)C(C)C)C(=O)[C@@H]4[C@H]2C1=O. The number of aliphatic hydroxyl groups is 1. The summed E-state index contributed by atoms with van der Waals surface area (Å²) < 4.78 is 6.63. The number of carbonyl (C=O) groups is 3. The molecule has 3 amide bonds. The first-order valence-corrected chi connectivity index (χ1v) is 12.5. The van der Waals surface area contributed by atoms with Crippen molar-refractivity contribution in [2.24, 2.45) is 17.8 Å². The van der Waals surface area contributed by atoms with Gasteiger partial charge in [0, 0.05) is 25.2 Å². The van der Waals surface area contributed by atoms with Gasteiger partial charge >= 0.3 is 0 Å². The zero-order chi connectivity index (χ0) is 25.0. The molecule has 0 radical (unpaired) electrons. The van der Waals surface area contributed by atoms with Crippen LogP contribution < -0.4 is 0 Å². The minimum atomic E-state index is -1.25. The topological polar surface area (TPSA) is 90.4 Å². The van der Waals surface area contributed by atoms with E-state index in [1.165, 1.54) is 0 Å². The van der Waals surface area contributed by atoms with Crippen LogP contribution in [-0.4, -0.2) is 93.1 Å². The van der Waals surface area contributed by atoms with Crippen LogP contribution >= 0.6 is 0 Å². The van der Waals surface area contributed by atoms with Gasteiger partial charge in [0.2, 0.25) is 17.7 Å². The first kappa shape index (κ1) is 24.9. The average Bonchev–Trinajstić information content (AvgIpc) is 3.06. The Morgan fingerprint density at radius 2 is 1.82 bits per heavy atom. The van der Waals surface area contributed by atoms with Gasteiger partial charge in [0.05, 0.1) is 30.6 Å². The van der Waals surface area contributed by atoms with Gasteiger partial charge in [0.15, 0.2) is 0 Å². The van der Waals surface area contributed by atoms with Crippen LogP contribution in [0.25, 0.3) is 0 Å². The predicted molar refractivity (Wildman–Crippen MR) is 128 cm³/mol. The van der Waals surface area contributed by atoms with Crippen molar-refractivity contribution < 1.29 is 24.2 Å². The Kier molecular flexibility index (Phi) is 6.44. The Balaban J connectivity index is 1.88. The Bertz CT molecular complexity index is 907. The smallest absolute Gasteiger partial charge is 0.249 e. The molecule has 0 aliphatic carbocycles. The van der Waals surface area contributed by atoms with Crippen LogP contribution in [0.4, 0.5) is 0 Å². The van der Waals surface area contributed by atoms with Gasteiger partial charge in [-0.05, 0) is 33.1 Å². The molecule has 188 valence electrons. The van der Waals surface area contributed by atoms with E-state index in [2.05, 4.69) is 0 Å². The first-order chi connectivity index (χ1) is 16.0. The molecule has 4 aliphatic heterocycles. The van der Waals surface area contributed by atoms with E-state index < -0.39 is 41.2 Å². The second-order valence-electron chi connectivity index (χ2n) is 11.3. The molecular formula is C26H39N3O5. The average molecular weight is 474 g/mol. The van der Waals surface area contributed by atoms with Crippen LogP contribution in [0.15, 0.2) is 24.3 Å². The van der Waals surface area contributed by atoms with Gasteiger partial charge in [-0.3, -0.25) is 14.4 Å². The normalized spacial score (nSPS) is 34.4. The van der Waals surface area contributed by atoms with E-state index in [0.717, 1.165) is 6.42 Å². The minimum absolute atomic E-state index is 0.0786. The minimum Gasteiger partial charge on any atom is -0.394 e. The highest BCUT2D eigenvalue weighted by molar-refractivity contribution is 6.00. The summed E-state index contributed by atoms with van der Waals surface area (Å²) in [5, 5.41) is 10.3. The molecular weight excluding hydrogens is 434 g/mol. The van der Waals surface area contributed by atoms with E-state index in [1.807, 2.05) is 65.8 Å². The maximum atomic E-state index is 14.2. The lowest BCUT2D eigenvalue weighted by Gasteiger charge is -2.42. The fourth-order valence-corrected chi connectivity index (χ4v) is 6.18. The summed E-state index contributed by atoms with van der Waals surface area (Å²) in [6.45, 7) is 13.0. The van der Waals surface area contributed by atoms with Crippen molar-refractivity contribution in [3.8, 4) is 0 Å². The number of ether oxygens (including phenoxy) is 1. The molecule has 1 N–H and O–H groups in total. The summed E-state index contributed by atoms with van der Waals surface area (Å²) in [5.41, 5.74) is -1.72. The molecule has 4 heterocycles. The third-order valence-electron chi connectivity index (χ3n) is 7.80. The summed E-state index contributed by atoms with van der Waals surface area (Å²) in [7, 11) is 0. The van der Waals surface area contributed by atoms with E-state index in [-0.39, 0.29) is 30.2 Å². The molecule has 8 nitrogen and oxygen atoms in total. The van der Waals surface area contributed by atoms with Crippen LogP contribution in [0.3, 0.4) is 0 Å². The zero-order valence-electron chi connectivity index (χ0n) is 21.2. The fraction of sp³-hybridized carbons (Fsp3) is 0.731. The number of carbonyl (C=O) groups excluding carboxylic acids is 3. The maximum absolute atomic E-state index is 14.2. The third kappa shape index (κ3) is 3.61. The van der Waals surface area contributed by atoms with Crippen molar-refractivity contribution in [3.05, 3.63) is 24.3 Å². The van der Waals surface area contributed by atoms with Gasteiger partial charge in [-0.25, -0.2) is 0 Å². The van der Waals surface area contributed by atoms with E-state index >= 15 is 0 Å². The van der Waals surface area contributed by atoms with E-state index in [9.17, 15) is 19.5 Å². The molecule has 0 aromatic rings. The molecule has 1 spiro atoms. The Labute approximate surface area is 202 Å². The van der Waals surface area contributed by atoms with Crippen molar-refractivity contribution in [2.45, 2.75) is 77.3 Å². The van der Waals surface area contributed by atoms with Gasteiger partial charge in [-0.1, -0.05) is 45.1 Å². The van der Waals surface area contributed by atoms with E-state index in [4.69, 9.17) is 4.74 Å². The van der Waals surface area contributed by atoms with Crippen molar-refractivity contribution in [2.75, 3.05) is 26.2 Å². The highest BCUT2D eigenvalue weighted by Crippen LogP contribution is 2.54. The second kappa shape index (κ2) is 8.79. The van der Waals surface area contributed by atoms with Crippen LogP contribution in [0, 0.1) is 17.8 Å². The van der Waals surface area contributed by atoms with Crippen LogP contribution in [-0.2, 0) is 19.1 Å². The first-order valence-electron chi connectivity index (χ1n) is 12.5. The second-order valence-corrected chi connectivity index (χ2v) is 11.3. The number of hydrogen-bond donors (Lipinski definition) is 1. The number of likely N-dealkylation sites (tertiary alicyclic amines) is 1. The van der Waals surface area contributed by atoms with Crippen LogP contribution in [0.2, 0.25) is 0 Å². The van der Waals surface area contributed by atoms with Gasteiger partial charge in [-0.15, -0.1) is 0 Å². The maximum Gasteiger partial charge on any atom is 0.249 e. The van der Waals surface area contributed by atoms with Gasteiger partial charge in [0.25, 0.3) is 0 Å². The van der Waals surface area contributed by atoms with E-state index in [0.29, 0.717) is 19.6 Å². The third-order valence-corrected chi connectivity index (χ3v) is 7.80. The lowest BCUT2D eigenvalue weighted by molar-refractivity contribution is -0.155. The molecule has 0 saturated carbocycles. The summed E-state index contributed by atoms with van der Waals surface area (Å²) >= 11 is 0. The van der Waals surface area contributed by atoms with Gasteiger partial charge < -0.3 is 24.5 Å². The lowest BCUT2D eigenvalue weighted by Crippen LogP contribution is -2.61. The summed E-state index contributed by atoms with van der Waals surface area (Å²) in [5.74, 6) is -2.18. The molecule has 2 fully saturated rings. The number of rotatable bonds is 5. The number of hydrogen-bond acceptors (Lipinski definition) is 5. The molecule has 6 atom stereocenters. The Morgan fingerprint density at radius 1 is 1.12 bits per heavy atom. The largest absolute Gasteiger partial charge is 0.394 e. The standard InChI is InChI=1S/C26H39N3O5/c1-7-12-27-13-8-10-18-19(22(27)31)20-23(32)29(17(15-30)16(2)3)21-24(33)28(25(4,5)6)14-9-11-26(20,21)34-18/h8-11,16-21,30H,7,12-15H2,1-6H3/t17-,18+,19-,20-,21?,26-/m0/s1. The lowest BCUT2D eigenvalue weighted by atomic mass is 9.77. The number of aliphatic hydroxyl groups excluding tert-OH is 1. The predicted octanol–water partition coefficient (Wildman–Crippen LogP) is 1.59. The van der Waals surface area contributed by atoms with Crippen molar-refractivity contribution in [3.63, 3.8) is 0 Å². The zero-order valence-corrected chi connectivity index (χ0v) is 21.2.